The normalized spacial score (nSPS) is 13.4. The third-order valence-corrected chi connectivity index (χ3v) is 2.33. The van der Waals surface area contributed by atoms with Gasteiger partial charge < -0.3 is 10.7 Å². The fourth-order valence-corrected chi connectivity index (χ4v) is 1.75. The van der Waals surface area contributed by atoms with Crippen molar-refractivity contribution in [1.82, 2.24) is 15.0 Å². The Bertz CT molecular complexity index is 449. The summed E-state index contributed by atoms with van der Waals surface area (Å²) in [5.41, 5.74) is 7.56. The van der Waals surface area contributed by atoms with Crippen molar-refractivity contribution in [1.29, 1.82) is 0 Å². The molecule has 2 heterocycles. The number of aromatic nitrogens is 3. The Hall–Kier alpha value is -1.13. The Morgan fingerprint density at radius 3 is 3.07 bits per heavy atom. The summed E-state index contributed by atoms with van der Waals surface area (Å²) in [7, 11) is 0. The molecule has 0 spiro atoms. The highest BCUT2D eigenvalue weighted by molar-refractivity contribution is 6.34. The molecule has 0 aliphatic carbocycles. The molecule has 5 heteroatoms. The van der Waals surface area contributed by atoms with Crippen LogP contribution >= 0.6 is 11.6 Å². The summed E-state index contributed by atoms with van der Waals surface area (Å²) in [5.74, 6) is 0. The highest BCUT2D eigenvalue weighted by Crippen LogP contribution is 2.23. The van der Waals surface area contributed by atoms with E-state index in [-0.39, 0.29) is 6.04 Å². The van der Waals surface area contributed by atoms with E-state index in [1.165, 1.54) is 6.33 Å². The average Bonchev–Trinajstić information content (AvgIpc) is 2.49. The molecule has 2 aromatic heterocycles. The lowest BCUT2D eigenvalue weighted by Crippen LogP contribution is -2.17. The number of nitrogens with one attached hydrogen (secondary N) is 1. The van der Waals surface area contributed by atoms with Gasteiger partial charge in [0.15, 0.2) is 0 Å². The Balaban J connectivity index is 2.55. The van der Waals surface area contributed by atoms with Gasteiger partial charge in [-0.2, -0.15) is 0 Å². The van der Waals surface area contributed by atoms with Crippen molar-refractivity contribution < 1.29 is 0 Å². The van der Waals surface area contributed by atoms with E-state index in [1.54, 1.807) is 0 Å². The topological polar surface area (TPSA) is 67.6 Å². The van der Waals surface area contributed by atoms with E-state index in [2.05, 4.69) is 15.0 Å². The Kier molecular flexibility index (Phi) is 2.39. The zero-order valence-electron chi connectivity index (χ0n) is 7.79. The molecule has 2 rings (SSSR count). The smallest absolute Gasteiger partial charge is 0.142 e. The number of rotatable bonds is 2. The van der Waals surface area contributed by atoms with Crippen molar-refractivity contribution in [3.63, 3.8) is 0 Å². The van der Waals surface area contributed by atoms with Crippen LogP contribution in [0.2, 0.25) is 5.15 Å². The van der Waals surface area contributed by atoms with Crippen LogP contribution in [0.15, 0.2) is 12.5 Å². The quantitative estimate of drug-likeness (QED) is 0.739. The average molecular weight is 211 g/mol. The number of fused-ring (bicyclic) bond motifs is 1. The van der Waals surface area contributed by atoms with Crippen LogP contribution in [-0.2, 0) is 6.42 Å². The SMILES string of the molecule is C[C@@H](N)Cc1c[nH]c2ncnc(Cl)c12. The predicted molar refractivity (Wildman–Crippen MR) is 56.3 cm³/mol. The van der Waals surface area contributed by atoms with Crippen LogP contribution in [0.5, 0.6) is 0 Å². The minimum Gasteiger partial charge on any atom is -0.346 e. The van der Waals surface area contributed by atoms with Gasteiger partial charge in [0.05, 0.1) is 5.39 Å². The van der Waals surface area contributed by atoms with Crippen molar-refractivity contribution in [3.05, 3.63) is 23.2 Å². The maximum Gasteiger partial charge on any atom is 0.142 e. The van der Waals surface area contributed by atoms with Gasteiger partial charge in [-0.3, -0.25) is 0 Å². The summed E-state index contributed by atoms with van der Waals surface area (Å²) in [4.78, 5) is 11.1. The number of nitrogens with two attached hydrogens (primary N) is 1. The molecule has 3 N–H and O–H groups in total. The Morgan fingerprint density at radius 2 is 2.36 bits per heavy atom. The standard InChI is InChI=1S/C9H11ClN4/c1-5(11)2-6-3-12-9-7(6)8(10)13-4-14-9/h3-5H,2,11H2,1H3,(H,12,13,14)/t5-/m1/s1. The molecule has 74 valence electrons. The molecule has 4 nitrogen and oxygen atoms in total. The van der Waals surface area contributed by atoms with Gasteiger partial charge in [0.2, 0.25) is 0 Å². The van der Waals surface area contributed by atoms with Crippen LogP contribution in [0.4, 0.5) is 0 Å². The first kappa shape index (κ1) is 9.43. The van der Waals surface area contributed by atoms with Gasteiger partial charge in [-0.15, -0.1) is 0 Å². The van der Waals surface area contributed by atoms with Crippen molar-refractivity contribution in [3.8, 4) is 0 Å². The fraction of sp³-hybridized carbons (Fsp3) is 0.333. The minimum absolute atomic E-state index is 0.102. The van der Waals surface area contributed by atoms with Crippen molar-refractivity contribution in [2.45, 2.75) is 19.4 Å². The maximum absolute atomic E-state index is 5.98. The van der Waals surface area contributed by atoms with E-state index >= 15 is 0 Å². The van der Waals surface area contributed by atoms with Crippen LogP contribution in [0.3, 0.4) is 0 Å². The van der Waals surface area contributed by atoms with E-state index < -0.39 is 0 Å². The number of aromatic amines is 1. The molecule has 0 radical (unpaired) electrons. The minimum atomic E-state index is 0.102. The second-order valence-corrected chi connectivity index (χ2v) is 3.74. The number of hydrogen-bond acceptors (Lipinski definition) is 3. The molecular formula is C9H11ClN4. The van der Waals surface area contributed by atoms with Gasteiger partial charge in [0, 0.05) is 12.2 Å². The summed E-state index contributed by atoms with van der Waals surface area (Å²) < 4.78 is 0. The van der Waals surface area contributed by atoms with Gasteiger partial charge in [-0.05, 0) is 18.9 Å². The van der Waals surface area contributed by atoms with Crippen LogP contribution in [0.1, 0.15) is 12.5 Å². The van der Waals surface area contributed by atoms with E-state index in [4.69, 9.17) is 17.3 Å². The molecule has 0 saturated carbocycles. The molecule has 0 aliphatic heterocycles. The van der Waals surface area contributed by atoms with Gasteiger partial charge in [0.1, 0.15) is 17.1 Å². The first-order valence-corrected chi connectivity index (χ1v) is 4.78. The lowest BCUT2D eigenvalue weighted by molar-refractivity contribution is 0.741. The Morgan fingerprint density at radius 1 is 1.57 bits per heavy atom. The van der Waals surface area contributed by atoms with Crippen LogP contribution in [0.25, 0.3) is 11.0 Å². The van der Waals surface area contributed by atoms with E-state index in [0.29, 0.717) is 5.15 Å². The molecular weight excluding hydrogens is 200 g/mol. The van der Waals surface area contributed by atoms with Gasteiger partial charge in [0.25, 0.3) is 0 Å². The van der Waals surface area contributed by atoms with Crippen LogP contribution < -0.4 is 5.73 Å². The lowest BCUT2D eigenvalue weighted by Gasteiger charge is -2.02. The third-order valence-electron chi connectivity index (χ3n) is 2.05. The third kappa shape index (κ3) is 1.58. The second kappa shape index (κ2) is 3.55. The van der Waals surface area contributed by atoms with Gasteiger partial charge >= 0.3 is 0 Å². The van der Waals surface area contributed by atoms with Crippen molar-refractivity contribution >= 4 is 22.6 Å². The van der Waals surface area contributed by atoms with Crippen molar-refractivity contribution in [2.75, 3.05) is 0 Å². The number of hydrogen-bond donors (Lipinski definition) is 2. The summed E-state index contributed by atoms with van der Waals surface area (Å²) in [6, 6.07) is 0.102. The van der Waals surface area contributed by atoms with Crippen LogP contribution in [0, 0.1) is 0 Å². The van der Waals surface area contributed by atoms with Gasteiger partial charge in [-0.1, -0.05) is 11.6 Å². The molecule has 0 amide bonds. The first-order chi connectivity index (χ1) is 6.68. The van der Waals surface area contributed by atoms with Crippen molar-refractivity contribution in [2.24, 2.45) is 5.73 Å². The fourth-order valence-electron chi connectivity index (χ4n) is 1.49. The highest BCUT2D eigenvalue weighted by atomic mass is 35.5. The summed E-state index contributed by atoms with van der Waals surface area (Å²) in [6.07, 6.45) is 4.10. The largest absolute Gasteiger partial charge is 0.346 e. The van der Waals surface area contributed by atoms with Crippen LogP contribution in [-0.4, -0.2) is 21.0 Å². The maximum atomic E-state index is 5.98. The molecule has 0 aromatic carbocycles. The number of halogens is 1. The summed E-state index contributed by atoms with van der Waals surface area (Å²) in [6.45, 7) is 1.95. The molecule has 1 atom stereocenters. The number of H-pyrrole nitrogens is 1. The zero-order valence-corrected chi connectivity index (χ0v) is 8.54. The second-order valence-electron chi connectivity index (χ2n) is 3.38. The molecule has 0 fully saturated rings. The first-order valence-electron chi connectivity index (χ1n) is 4.40. The number of nitrogens with zero attached hydrogens (tertiary/aromatic N) is 2. The molecule has 14 heavy (non-hydrogen) atoms. The molecule has 0 saturated heterocycles. The molecule has 0 unspecified atom stereocenters. The molecule has 0 bridgehead atoms. The Labute approximate surface area is 86.5 Å². The monoisotopic (exact) mass is 210 g/mol. The van der Waals surface area contributed by atoms with E-state index in [1.807, 2.05) is 13.1 Å². The summed E-state index contributed by atoms with van der Waals surface area (Å²) in [5, 5.41) is 1.36. The van der Waals surface area contributed by atoms with Gasteiger partial charge in [-0.25, -0.2) is 9.97 Å². The van der Waals surface area contributed by atoms with E-state index in [9.17, 15) is 0 Å². The zero-order chi connectivity index (χ0) is 10.1. The summed E-state index contributed by atoms with van der Waals surface area (Å²) >= 11 is 5.98. The molecule has 0 aliphatic rings. The lowest BCUT2D eigenvalue weighted by atomic mass is 10.1. The van der Waals surface area contributed by atoms with E-state index in [0.717, 1.165) is 23.0 Å². The highest BCUT2D eigenvalue weighted by Gasteiger charge is 2.10. The predicted octanol–water partition coefficient (Wildman–Crippen LogP) is 1.50. The molecule has 2 aromatic rings.